The molecular formula is C49H78N10O19S. The number of rotatable bonds is 36. The van der Waals surface area contributed by atoms with Crippen LogP contribution in [0.4, 0.5) is 0 Å². The molecule has 0 aliphatic rings. The summed E-state index contributed by atoms with van der Waals surface area (Å²) in [7, 11) is 0. The highest BCUT2D eigenvalue weighted by atomic mass is 32.1. The molecule has 1 aromatic rings. The second kappa shape index (κ2) is 34.7. The number of nitrogens with two attached hydrogens (primary N) is 1. The van der Waals surface area contributed by atoms with Crippen molar-refractivity contribution in [1.82, 2.24) is 47.9 Å². The molecule has 9 amide bonds. The van der Waals surface area contributed by atoms with Crippen molar-refractivity contribution in [1.29, 1.82) is 0 Å². The summed E-state index contributed by atoms with van der Waals surface area (Å²) in [5.41, 5.74) is 6.28. The van der Waals surface area contributed by atoms with E-state index in [-0.39, 0.29) is 49.2 Å². The van der Waals surface area contributed by atoms with E-state index in [1.165, 1.54) is 24.3 Å². The quantitative estimate of drug-likeness (QED) is 0.0282. The first-order chi connectivity index (χ1) is 36.8. The van der Waals surface area contributed by atoms with Crippen molar-refractivity contribution in [2.45, 2.75) is 160 Å². The number of aliphatic hydroxyl groups is 3. The first-order valence-electron chi connectivity index (χ1n) is 25.3. The van der Waals surface area contributed by atoms with Gasteiger partial charge in [-0.1, -0.05) is 53.7 Å². The number of phenols is 1. The molecule has 0 spiro atoms. The number of thiol groups is 1. The van der Waals surface area contributed by atoms with Crippen molar-refractivity contribution in [2.75, 3.05) is 19.0 Å². The average molecular weight is 1140 g/mol. The molecule has 1 aromatic carbocycles. The van der Waals surface area contributed by atoms with Crippen LogP contribution in [0.1, 0.15) is 92.6 Å². The Kier molecular flexibility index (Phi) is 30.7. The Labute approximate surface area is 461 Å². The van der Waals surface area contributed by atoms with Gasteiger partial charge in [0.05, 0.1) is 31.8 Å². The number of carboxylic acid groups (broad SMARTS) is 3. The molecule has 0 aliphatic carbocycles. The maximum absolute atomic E-state index is 14.2. The zero-order chi connectivity index (χ0) is 60.4. The van der Waals surface area contributed by atoms with Gasteiger partial charge in [0.1, 0.15) is 60.1 Å². The van der Waals surface area contributed by atoms with Gasteiger partial charge in [-0.2, -0.15) is 12.6 Å². The monoisotopic (exact) mass is 1140 g/mol. The van der Waals surface area contributed by atoms with E-state index in [1.54, 1.807) is 27.7 Å². The van der Waals surface area contributed by atoms with Crippen LogP contribution >= 0.6 is 12.6 Å². The van der Waals surface area contributed by atoms with Crippen LogP contribution in [0.25, 0.3) is 0 Å². The van der Waals surface area contributed by atoms with E-state index >= 15 is 0 Å². The molecule has 0 bridgehead atoms. The van der Waals surface area contributed by atoms with E-state index < -0.39 is 176 Å². The molecule has 0 saturated carbocycles. The third-order valence-corrected chi connectivity index (χ3v) is 11.9. The molecule has 0 fully saturated rings. The van der Waals surface area contributed by atoms with Crippen LogP contribution in [0, 0.1) is 17.8 Å². The van der Waals surface area contributed by atoms with E-state index in [9.17, 15) is 93.3 Å². The smallest absolute Gasteiger partial charge is 0.326 e. The minimum atomic E-state index is -2.06. The Morgan fingerprint density at radius 3 is 1.35 bits per heavy atom. The number of aliphatic hydroxyl groups excluding tert-OH is 3. The van der Waals surface area contributed by atoms with Crippen molar-refractivity contribution >= 4 is 83.7 Å². The number of carbonyl (C=O) groups excluding carboxylic acids is 9. The Bertz CT molecular complexity index is 2270. The Hall–Kier alpha value is -7.15. The second-order valence-electron chi connectivity index (χ2n) is 20.0. The molecule has 0 aliphatic heterocycles. The number of hydrogen-bond donors (Lipinski definition) is 18. The van der Waals surface area contributed by atoms with Gasteiger partial charge in [0.15, 0.2) is 0 Å². The molecule has 0 unspecified atom stereocenters. The fourth-order valence-electron chi connectivity index (χ4n) is 7.42. The summed E-state index contributed by atoms with van der Waals surface area (Å²) in [6.45, 7) is 9.41. The zero-order valence-electron chi connectivity index (χ0n) is 45.0. The fourth-order valence-corrected chi connectivity index (χ4v) is 7.68. The number of phenolic OH excluding ortho intramolecular Hbond substituents is 1. The van der Waals surface area contributed by atoms with Gasteiger partial charge in [0.25, 0.3) is 0 Å². The number of benzene rings is 1. The predicted octanol–water partition coefficient (Wildman–Crippen LogP) is -4.52. The first kappa shape index (κ1) is 69.9. The highest BCUT2D eigenvalue weighted by Gasteiger charge is 2.37. The largest absolute Gasteiger partial charge is 0.508 e. The third kappa shape index (κ3) is 25.9. The van der Waals surface area contributed by atoms with Crippen molar-refractivity contribution in [3.05, 3.63) is 29.8 Å². The molecule has 11 atom stereocenters. The Morgan fingerprint density at radius 1 is 0.481 bits per heavy atom. The number of nitrogens with one attached hydrogen (secondary N) is 9. The second-order valence-corrected chi connectivity index (χ2v) is 20.4. The average Bonchev–Trinajstić information content (AvgIpc) is 3.35. The highest BCUT2D eigenvalue weighted by molar-refractivity contribution is 7.80. The molecule has 0 radical (unpaired) electrons. The van der Waals surface area contributed by atoms with E-state index in [0.29, 0.717) is 5.56 Å². The molecule has 0 heterocycles. The van der Waals surface area contributed by atoms with Gasteiger partial charge < -0.3 is 89.3 Å². The van der Waals surface area contributed by atoms with Crippen molar-refractivity contribution in [3.8, 4) is 5.75 Å². The van der Waals surface area contributed by atoms with Crippen LogP contribution in [0.5, 0.6) is 5.75 Å². The molecule has 444 valence electrons. The number of amides is 9. The summed E-state index contributed by atoms with van der Waals surface area (Å²) in [5.74, 6) is -15.9. The lowest BCUT2D eigenvalue weighted by molar-refractivity contribution is -0.143. The first-order valence-corrected chi connectivity index (χ1v) is 25.9. The highest BCUT2D eigenvalue weighted by Crippen LogP contribution is 2.14. The molecule has 1 rings (SSSR count). The Morgan fingerprint density at radius 2 is 0.873 bits per heavy atom. The normalized spacial score (nSPS) is 15.4. The van der Waals surface area contributed by atoms with Crippen LogP contribution in [0.3, 0.4) is 0 Å². The van der Waals surface area contributed by atoms with Crippen molar-refractivity contribution < 1.29 is 93.3 Å². The van der Waals surface area contributed by atoms with Gasteiger partial charge in [-0.25, -0.2) is 4.79 Å². The number of aliphatic carboxylic acids is 3. The minimum absolute atomic E-state index is 0.0146. The molecule has 18 N–H and O–H groups in total. The lowest BCUT2D eigenvalue weighted by Crippen LogP contribution is -2.62. The summed E-state index contributed by atoms with van der Waals surface area (Å²) in [4.78, 5) is 157. The van der Waals surface area contributed by atoms with Gasteiger partial charge in [0.2, 0.25) is 53.2 Å². The number of carboxylic acids is 3. The molecule has 30 heteroatoms. The summed E-state index contributed by atoms with van der Waals surface area (Å²) >= 11 is 4.08. The van der Waals surface area contributed by atoms with Crippen LogP contribution in [0.2, 0.25) is 0 Å². The van der Waals surface area contributed by atoms with Gasteiger partial charge in [0, 0.05) is 18.6 Å². The molecule has 0 saturated heterocycles. The molecule has 29 nitrogen and oxygen atoms in total. The summed E-state index contributed by atoms with van der Waals surface area (Å²) in [6.07, 6.45) is -4.39. The van der Waals surface area contributed by atoms with Crippen LogP contribution < -0.4 is 53.6 Å². The SMILES string of the molecule is CC(C)C[C@H](NC(=O)[C@@H](NC(=O)[C@H](CO)NC(=O)[C@H](CC(=O)O)NC(=O)[C@H](CS)NC(=O)[C@H](CCC(=O)O)NC(=O)[C@H](Cc1ccc(O)cc1)NC(=O)[C@H](CC(C)C)NC(=O)[C@H](CO)NC(=O)[C@@H](N)CC(C)C)[C@@H](C)O)C(=O)O. The fraction of sp³-hybridized carbons (Fsp3) is 0.633. The third-order valence-electron chi connectivity index (χ3n) is 11.5. The molecular weight excluding hydrogens is 1060 g/mol. The maximum atomic E-state index is 14.2. The van der Waals surface area contributed by atoms with Crippen molar-refractivity contribution in [2.24, 2.45) is 23.5 Å². The predicted molar refractivity (Wildman–Crippen MR) is 282 cm³/mol. The standard InChI is InChI=1S/C49H78N10O19S/c1-22(2)14-28(50)40(68)56-34(19-60)45(73)52-30(15-23(3)4)42(70)53-31(17-26-8-10-27(63)11-9-26)43(71)51-29(12-13-37(64)65)41(69)58-36(21-79)47(75)54-32(18-38(66)67)44(72)57-35(20-61)46(74)59-39(25(7)62)48(76)55-33(49(77)78)16-24(5)6/h8-11,22-25,28-36,39,60-63,79H,12-21,50H2,1-7H3,(H,51,71)(H,52,73)(H,53,70)(H,54,75)(H,55,76)(H,56,68)(H,57,72)(H,58,69)(H,59,74)(H,64,65)(H,66,67)(H,77,78)/t25-,28+,29+,30+,31+,32+,33+,34+,35+,36+,39+/m1/s1. The van der Waals surface area contributed by atoms with E-state index in [2.05, 4.69) is 55.2 Å². The minimum Gasteiger partial charge on any atom is -0.508 e. The van der Waals surface area contributed by atoms with Gasteiger partial charge >= 0.3 is 17.9 Å². The number of aromatic hydroxyl groups is 1. The van der Waals surface area contributed by atoms with E-state index in [0.717, 1.165) is 6.92 Å². The van der Waals surface area contributed by atoms with Gasteiger partial charge in [-0.15, -0.1) is 0 Å². The lowest BCUT2D eigenvalue weighted by atomic mass is 10.00. The summed E-state index contributed by atoms with van der Waals surface area (Å²) in [6, 6.07) is -11.1. The number of carbonyl (C=O) groups is 12. The lowest BCUT2D eigenvalue weighted by Gasteiger charge is -2.28. The molecule has 0 aromatic heterocycles. The molecule has 79 heavy (non-hydrogen) atoms. The maximum Gasteiger partial charge on any atom is 0.326 e. The Balaban J connectivity index is 3.48. The van der Waals surface area contributed by atoms with E-state index in [1.807, 2.05) is 19.2 Å². The summed E-state index contributed by atoms with van der Waals surface area (Å²) in [5, 5.41) is 89.3. The topological polar surface area (TPSA) is 481 Å². The van der Waals surface area contributed by atoms with Crippen molar-refractivity contribution in [3.63, 3.8) is 0 Å². The van der Waals surface area contributed by atoms with Crippen LogP contribution in [-0.4, -0.2) is 192 Å². The van der Waals surface area contributed by atoms with E-state index in [4.69, 9.17) is 5.73 Å². The number of hydrogen-bond acceptors (Lipinski definition) is 18. The van der Waals surface area contributed by atoms with Crippen LogP contribution in [-0.2, 0) is 64.0 Å². The zero-order valence-corrected chi connectivity index (χ0v) is 45.9. The van der Waals surface area contributed by atoms with Gasteiger partial charge in [-0.3, -0.25) is 52.7 Å². The van der Waals surface area contributed by atoms with Crippen LogP contribution in [0.15, 0.2) is 24.3 Å². The van der Waals surface area contributed by atoms with Gasteiger partial charge in [-0.05, 0) is 68.1 Å². The summed E-state index contributed by atoms with van der Waals surface area (Å²) < 4.78 is 0.